The SMILES string of the molecule is Cc1ccc(NC(=S)N/N=C\c2c(C)nn(-c3ccccc3)c2N2CCCC2)cc1. The third-order valence-corrected chi connectivity index (χ3v) is 5.35. The fourth-order valence-electron chi connectivity index (χ4n) is 3.61. The van der Waals surface area contributed by atoms with Gasteiger partial charge in [0, 0.05) is 18.8 Å². The highest BCUT2D eigenvalue weighted by molar-refractivity contribution is 7.80. The monoisotopic (exact) mass is 418 g/mol. The van der Waals surface area contributed by atoms with Gasteiger partial charge in [-0.1, -0.05) is 35.9 Å². The van der Waals surface area contributed by atoms with Crippen molar-refractivity contribution in [2.45, 2.75) is 26.7 Å². The molecule has 1 aromatic heterocycles. The number of para-hydroxylation sites is 1. The van der Waals surface area contributed by atoms with Crippen LogP contribution in [-0.2, 0) is 0 Å². The molecule has 154 valence electrons. The first-order chi connectivity index (χ1) is 14.6. The number of hydrogen-bond acceptors (Lipinski definition) is 4. The summed E-state index contributed by atoms with van der Waals surface area (Å²) in [6, 6.07) is 18.3. The van der Waals surface area contributed by atoms with Gasteiger partial charge in [-0.15, -0.1) is 0 Å². The van der Waals surface area contributed by atoms with Crippen molar-refractivity contribution < 1.29 is 0 Å². The van der Waals surface area contributed by atoms with E-state index >= 15 is 0 Å². The predicted molar refractivity (Wildman–Crippen MR) is 128 cm³/mol. The lowest BCUT2D eigenvalue weighted by Crippen LogP contribution is -2.24. The molecule has 0 radical (unpaired) electrons. The summed E-state index contributed by atoms with van der Waals surface area (Å²) in [5.41, 5.74) is 8.05. The molecule has 6 nitrogen and oxygen atoms in total. The molecule has 1 aliphatic rings. The van der Waals surface area contributed by atoms with Crippen LogP contribution in [0.2, 0.25) is 0 Å². The van der Waals surface area contributed by atoms with Gasteiger partial charge in [0.05, 0.1) is 23.2 Å². The van der Waals surface area contributed by atoms with E-state index in [-0.39, 0.29) is 0 Å². The second-order valence-electron chi connectivity index (χ2n) is 7.45. The topological polar surface area (TPSA) is 57.5 Å². The third-order valence-electron chi connectivity index (χ3n) is 5.16. The molecule has 2 aromatic carbocycles. The van der Waals surface area contributed by atoms with Gasteiger partial charge in [0.1, 0.15) is 5.82 Å². The second kappa shape index (κ2) is 9.09. The number of anilines is 2. The van der Waals surface area contributed by atoms with Gasteiger partial charge in [-0.05, 0) is 63.2 Å². The van der Waals surface area contributed by atoms with Crippen molar-refractivity contribution in [1.82, 2.24) is 15.2 Å². The molecular formula is C23H26N6S. The number of aromatic nitrogens is 2. The Kier molecular flexibility index (Phi) is 6.09. The lowest BCUT2D eigenvalue weighted by atomic mass is 10.2. The van der Waals surface area contributed by atoms with E-state index in [2.05, 4.69) is 39.8 Å². The Hall–Kier alpha value is -3.19. The molecule has 2 N–H and O–H groups in total. The van der Waals surface area contributed by atoms with E-state index in [1.54, 1.807) is 0 Å². The van der Waals surface area contributed by atoms with E-state index in [0.717, 1.165) is 41.5 Å². The Bertz CT molecular complexity index is 1030. The molecule has 0 amide bonds. The first-order valence-electron chi connectivity index (χ1n) is 10.2. The van der Waals surface area contributed by atoms with E-state index in [0.29, 0.717) is 5.11 Å². The maximum atomic E-state index is 5.37. The number of nitrogens with one attached hydrogen (secondary N) is 2. The Morgan fingerprint density at radius 1 is 1.03 bits per heavy atom. The third kappa shape index (κ3) is 4.52. The molecule has 0 saturated carbocycles. The minimum Gasteiger partial charge on any atom is -0.356 e. The number of rotatable bonds is 5. The van der Waals surface area contributed by atoms with Crippen LogP contribution in [-0.4, -0.2) is 34.2 Å². The zero-order valence-electron chi connectivity index (χ0n) is 17.3. The Morgan fingerprint density at radius 2 is 1.73 bits per heavy atom. The molecular weight excluding hydrogens is 392 g/mol. The van der Waals surface area contributed by atoms with Crippen LogP contribution in [0.15, 0.2) is 59.7 Å². The van der Waals surface area contributed by atoms with E-state index < -0.39 is 0 Å². The first kappa shape index (κ1) is 20.1. The lowest BCUT2D eigenvalue weighted by Gasteiger charge is -2.20. The van der Waals surface area contributed by atoms with Gasteiger partial charge in [0.15, 0.2) is 5.11 Å². The Labute approximate surface area is 182 Å². The van der Waals surface area contributed by atoms with Gasteiger partial charge in [0.2, 0.25) is 0 Å². The zero-order valence-corrected chi connectivity index (χ0v) is 18.1. The number of hydrogen-bond donors (Lipinski definition) is 2. The summed E-state index contributed by atoms with van der Waals surface area (Å²) in [4.78, 5) is 2.39. The van der Waals surface area contributed by atoms with Crippen molar-refractivity contribution in [2.75, 3.05) is 23.3 Å². The summed E-state index contributed by atoms with van der Waals surface area (Å²) >= 11 is 5.37. The fraction of sp³-hybridized carbons (Fsp3) is 0.261. The van der Waals surface area contributed by atoms with Crippen molar-refractivity contribution in [3.8, 4) is 5.69 Å². The molecule has 30 heavy (non-hydrogen) atoms. The van der Waals surface area contributed by atoms with Crippen molar-refractivity contribution >= 4 is 35.1 Å². The van der Waals surface area contributed by atoms with E-state index in [1.807, 2.05) is 60.3 Å². The summed E-state index contributed by atoms with van der Waals surface area (Å²) in [7, 11) is 0. The maximum Gasteiger partial charge on any atom is 0.191 e. The maximum absolute atomic E-state index is 5.37. The molecule has 0 atom stereocenters. The van der Waals surface area contributed by atoms with Gasteiger partial charge in [0.25, 0.3) is 0 Å². The minimum atomic E-state index is 0.450. The number of benzene rings is 2. The van der Waals surface area contributed by atoms with E-state index in [4.69, 9.17) is 17.3 Å². The lowest BCUT2D eigenvalue weighted by molar-refractivity contribution is 0.815. The summed E-state index contributed by atoms with van der Waals surface area (Å²) in [5, 5.41) is 12.8. The van der Waals surface area contributed by atoms with Gasteiger partial charge in [-0.3, -0.25) is 5.43 Å². The molecule has 1 aliphatic heterocycles. The van der Waals surface area contributed by atoms with E-state index in [9.17, 15) is 0 Å². The average Bonchev–Trinajstić information content (AvgIpc) is 3.39. The van der Waals surface area contributed by atoms with Crippen LogP contribution in [0.4, 0.5) is 11.5 Å². The molecule has 2 heterocycles. The average molecular weight is 419 g/mol. The van der Waals surface area contributed by atoms with Crippen LogP contribution in [0, 0.1) is 13.8 Å². The molecule has 0 bridgehead atoms. The molecule has 7 heteroatoms. The first-order valence-corrected chi connectivity index (χ1v) is 10.6. The summed E-state index contributed by atoms with van der Waals surface area (Å²) in [6.07, 6.45) is 4.20. The Balaban J connectivity index is 1.55. The predicted octanol–water partition coefficient (Wildman–Crippen LogP) is 4.41. The van der Waals surface area contributed by atoms with Crippen LogP contribution in [0.5, 0.6) is 0 Å². The van der Waals surface area contributed by atoms with Crippen molar-refractivity contribution in [1.29, 1.82) is 0 Å². The highest BCUT2D eigenvalue weighted by Gasteiger charge is 2.23. The van der Waals surface area contributed by atoms with Crippen LogP contribution >= 0.6 is 12.2 Å². The van der Waals surface area contributed by atoms with Crippen LogP contribution in [0.1, 0.15) is 29.7 Å². The van der Waals surface area contributed by atoms with Crippen LogP contribution < -0.4 is 15.6 Å². The van der Waals surface area contributed by atoms with Gasteiger partial charge in [-0.2, -0.15) is 10.2 Å². The van der Waals surface area contributed by atoms with Gasteiger partial charge in [-0.25, -0.2) is 4.68 Å². The van der Waals surface area contributed by atoms with Gasteiger partial charge >= 0.3 is 0 Å². The number of hydrazone groups is 1. The molecule has 4 rings (SSSR count). The number of thiocarbonyl (C=S) groups is 1. The number of aryl methyl sites for hydroxylation is 2. The van der Waals surface area contributed by atoms with Crippen molar-refractivity contribution in [3.05, 3.63) is 71.4 Å². The normalized spacial score (nSPS) is 13.7. The zero-order chi connectivity index (χ0) is 20.9. The highest BCUT2D eigenvalue weighted by atomic mass is 32.1. The largest absolute Gasteiger partial charge is 0.356 e. The van der Waals surface area contributed by atoms with Gasteiger partial charge < -0.3 is 10.2 Å². The minimum absolute atomic E-state index is 0.450. The van der Waals surface area contributed by atoms with E-state index in [1.165, 1.54) is 18.4 Å². The number of nitrogens with zero attached hydrogens (tertiary/aromatic N) is 4. The Morgan fingerprint density at radius 3 is 2.43 bits per heavy atom. The van der Waals surface area contributed by atoms with Crippen molar-refractivity contribution in [3.63, 3.8) is 0 Å². The molecule has 1 saturated heterocycles. The molecule has 3 aromatic rings. The summed E-state index contributed by atoms with van der Waals surface area (Å²) < 4.78 is 2.02. The standard InChI is InChI=1S/C23H26N6S/c1-17-10-12-19(13-11-17)25-23(30)26-24-16-21-18(2)27-29(20-8-4-3-5-9-20)22(21)28-14-6-7-15-28/h3-5,8-13,16H,6-7,14-15H2,1-2H3,(H2,25,26,30)/b24-16-. The fourth-order valence-corrected chi connectivity index (χ4v) is 3.78. The van der Waals surface area contributed by atoms with Crippen LogP contribution in [0.25, 0.3) is 5.69 Å². The van der Waals surface area contributed by atoms with Crippen molar-refractivity contribution in [2.24, 2.45) is 5.10 Å². The molecule has 0 aliphatic carbocycles. The van der Waals surface area contributed by atoms with Crippen LogP contribution in [0.3, 0.4) is 0 Å². The smallest absolute Gasteiger partial charge is 0.191 e. The summed E-state index contributed by atoms with van der Waals surface area (Å²) in [6.45, 7) is 6.13. The molecule has 0 unspecified atom stereocenters. The summed E-state index contributed by atoms with van der Waals surface area (Å²) in [5.74, 6) is 1.08. The quantitative estimate of drug-likeness (QED) is 0.365. The highest BCUT2D eigenvalue weighted by Crippen LogP contribution is 2.28. The molecule has 0 spiro atoms. The molecule has 1 fully saturated rings. The second-order valence-corrected chi connectivity index (χ2v) is 7.86.